The zero-order valence-corrected chi connectivity index (χ0v) is 18.9. The highest BCUT2D eigenvalue weighted by molar-refractivity contribution is 9.11. The summed E-state index contributed by atoms with van der Waals surface area (Å²) in [6.45, 7) is 11.3. The summed E-state index contributed by atoms with van der Waals surface area (Å²) in [4.78, 5) is 12.6. The number of ether oxygens (including phenoxy) is 1. The Bertz CT molecular complexity index is 985. The molecule has 0 heterocycles. The molecule has 7 heteroatoms. The molecule has 0 amide bonds. The van der Waals surface area contributed by atoms with Crippen LogP contribution in [0.2, 0.25) is 0 Å². The summed E-state index contributed by atoms with van der Waals surface area (Å²) < 4.78 is 33.9. The predicted octanol–water partition coefficient (Wildman–Crippen LogP) is 4.75. The fourth-order valence-corrected chi connectivity index (χ4v) is 4.88. The molecule has 0 aliphatic carbocycles. The molecule has 29 heavy (non-hydrogen) atoms. The molecular weight excluding hydrogens is 454 g/mol. The molecule has 5 nitrogen and oxygen atoms in total. The van der Waals surface area contributed by atoms with Crippen molar-refractivity contribution in [2.24, 2.45) is 0 Å². The van der Waals surface area contributed by atoms with Gasteiger partial charge in [-0.3, -0.25) is 0 Å². The lowest BCUT2D eigenvalue weighted by Gasteiger charge is -2.32. The number of carbonyl (C=O) groups excluding carboxylic acids is 1. The summed E-state index contributed by atoms with van der Waals surface area (Å²) in [5, 5.41) is 0. The SMILES string of the molecule is C=C(Br)CN(C(C(=C)C(=O)OCC)c1ccccc1)S(=O)(=O)c1ccc(C)cc1. The van der Waals surface area contributed by atoms with E-state index in [9.17, 15) is 13.2 Å². The fraction of sp³-hybridized carbons (Fsp3) is 0.227. The van der Waals surface area contributed by atoms with Gasteiger partial charge in [-0.2, -0.15) is 4.31 Å². The molecule has 0 fully saturated rings. The minimum Gasteiger partial charge on any atom is -0.463 e. The third-order valence-electron chi connectivity index (χ3n) is 4.23. The molecule has 0 bridgehead atoms. The molecule has 0 aliphatic rings. The third kappa shape index (κ3) is 5.65. The fourth-order valence-electron chi connectivity index (χ4n) is 2.84. The number of hydrogen-bond acceptors (Lipinski definition) is 4. The predicted molar refractivity (Wildman–Crippen MR) is 118 cm³/mol. The van der Waals surface area contributed by atoms with Crippen LogP contribution in [0.3, 0.4) is 0 Å². The maximum atomic E-state index is 13.5. The average Bonchev–Trinajstić information content (AvgIpc) is 2.68. The number of sulfonamides is 1. The Labute approximate surface area is 180 Å². The van der Waals surface area contributed by atoms with Gasteiger partial charge in [0, 0.05) is 11.0 Å². The van der Waals surface area contributed by atoms with E-state index in [0.29, 0.717) is 10.0 Å². The number of nitrogens with zero attached hydrogens (tertiary/aromatic N) is 1. The normalized spacial score (nSPS) is 12.4. The van der Waals surface area contributed by atoms with Crippen LogP contribution < -0.4 is 0 Å². The van der Waals surface area contributed by atoms with E-state index in [1.165, 1.54) is 4.31 Å². The van der Waals surface area contributed by atoms with E-state index in [2.05, 4.69) is 29.1 Å². The summed E-state index contributed by atoms with van der Waals surface area (Å²) in [5.41, 5.74) is 1.58. The Hall–Kier alpha value is -2.22. The van der Waals surface area contributed by atoms with Crippen LogP contribution in [-0.4, -0.2) is 31.8 Å². The Morgan fingerprint density at radius 1 is 1.10 bits per heavy atom. The second kappa shape index (κ2) is 10.0. The van der Waals surface area contributed by atoms with Gasteiger partial charge in [0.1, 0.15) is 0 Å². The van der Waals surface area contributed by atoms with Crippen LogP contribution in [0.4, 0.5) is 0 Å². The van der Waals surface area contributed by atoms with Crippen molar-refractivity contribution in [3.63, 3.8) is 0 Å². The summed E-state index contributed by atoms with van der Waals surface area (Å²) in [7, 11) is -3.98. The van der Waals surface area contributed by atoms with Gasteiger partial charge < -0.3 is 4.74 Å². The van der Waals surface area contributed by atoms with Gasteiger partial charge in [-0.05, 0) is 31.5 Å². The van der Waals surface area contributed by atoms with E-state index in [1.54, 1.807) is 55.5 Å². The van der Waals surface area contributed by atoms with Gasteiger partial charge in [-0.15, -0.1) is 0 Å². The quantitative estimate of drug-likeness (QED) is 0.385. The maximum Gasteiger partial charge on any atom is 0.335 e. The molecule has 0 saturated heterocycles. The first kappa shape index (κ1) is 23.1. The highest BCUT2D eigenvalue weighted by Gasteiger charge is 2.36. The second-order valence-electron chi connectivity index (χ2n) is 6.44. The highest BCUT2D eigenvalue weighted by atomic mass is 79.9. The second-order valence-corrected chi connectivity index (χ2v) is 9.45. The lowest BCUT2D eigenvalue weighted by atomic mass is 10.00. The summed E-state index contributed by atoms with van der Waals surface area (Å²) in [5.74, 6) is -0.648. The topological polar surface area (TPSA) is 63.7 Å². The van der Waals surface area contributed by atoms with Gasteiger partial charge in [-0.25, -0.2) is 13.2 Å². The zero-order valence-electron chi connectivity index (χ0n) is 16.5. The molecule has 0 saturated carbocycles. The van der Waals surface area contributed by atoms with Crippen molar-refractivity contribution in [1.29, 1.82) is 0 Å². The standard InChI is InChI=1S/C22H24BrNO4S/c1-5-28-22(25)18(4)21(19-9-7-6-8-10-19)24(15-17(3)23)29(26,27)20-13-11-16(2)12-14-20/h6-14,21H,3-5,15H2,1-2H3. The number of rotatable bonds is 9. The summed E-state index contributed by atoms with van der Waals surface area (Å²) in [6, 6.07) is 14.5. The van der Waals surface area contributed by atoms with E-state index in [0.717, 1.165) is 5.56 Å². The van der Waals surface area contributed by atoms with Crippen LogP contribution in [0, 0.1) is 6.92 Å². The van der Waals surface area contributed by atoms with E-state index < -0.39 is 22.0 Å². The van der Waals surface area contributed by atoms with E-state index >= 15 is 0 Å². The van der Waals surface area contributed by atoms with Crippen molar-refractivity contribution in [3.05, 3.63) is 88.9 Å². The number of halogens is 1. The first-order valence-electron chi connectivity index (χ1n) is 9.01. The molecule has 0 radical (unpaired) electrons. The number of benzene rings is 2. The van der Waals surface area contributed by atoms with Gasteiger partial charge in [-0.1, -0.05) is 77.1 Å². The minimum atomic E-state index is -3.98. The van der Waals surface area contributed by atoms with Gasteiger partial charge >= 0.3 is 5.97 Å². The average molecular weight is 478 g/mol. The van der Waals surface area contributed by atoms with Crippen LogP contribution in [0.15, 0.2) is 82.7 Å². The van der Waals surface area contributed by atoms with Crippen LogP contribution >= 0.6 is 15.9 Å². The van der Waals surface area contributed by atoms with Crippen molar-refractivity contribution in [2.45, 2.75) is 24.8 Å². The molecule has 2 aromatic carbocycles. The summed E-state index contributed by atoms with van der Waals surface area (Å²) in [6.07, 6.45) is 0. The van der Waals surface area contributed by atoms with Crippen LogP contribution in [-0.2, 0) is 19.6 Å². The molecule has 0 spiro atoms. The number of esters is 1. The van der Waals surface area contributed by atoms with E-state index in [4.69, 9.17) is 4.74 Å². The van der Waals surface area contributed by atoms with Gasteiger partial charge in [0.05, 0.1) is 23.1 Å². The van der Waals surface area contributed by atoms with Crippen molar-refractivity contribution in [2.75, 3.05) is 13.2 Å². The molecule has 1 atom stereocenters. The van der Waals surface area contributed by atoms with Crippen LogP contribution in [0.25, 0.3) is 0 Å². The molecule has 0 aliphatic heterocycles. The van der Waals surface area contributed by atoms with Crippen molar-refractivity contribution < 1.29 is 17.9 Å². The summed E-state index contributed by atoms with van der Waals surface area (Å²) >= 11 is 3.26. The first-order valence-corrected chi connectivity index (χ1v) is 11.2. The number of carbonyl (C=O) groups is 1. The monoisotopic (exact) mass is 477 g/mol. The Morgan fingerprint density at radius 3 is 2.21 bits per heavy atom. The molecule has 2 rings (SSSR count). The lowest BCUT2D eigenvalue weighted by Crippen LogP contribution is -2.38. The molecule has 2 aromatic rings. The lowest BCUT2D eigenvalue weighted by molar-refractivity contribution is -0.139. The smallest absolute Gasteiger partial charge is 0.335 e. The minimum absolute atomic E-state index is 0.0301. The van der Waals surface area contributed by atoms with Gasteiger partial charge in [0.15, 0.2) is 0 Å². The molecule has 1 unspecified atom stereocenters. The van der Waals surface area contributed by atoms with Crippen molar-refractivity contribution in [1.82, 2.24) is 4.31 Å². The highest BCUT2D eigenvalue weighted by Crippen LogP contribution is 2.34. The van der Waals surface area contributed by atoms with Crippen LogP contribution in [0.1, 0.15) is 24.1 Å². The third-order valence-corrected chi connectivity index (χ3v) is 6.30. The Kier molecular flexibility index (Phi) is 7.96. The molecule has 0 aromatic heterocycles. The van der Waals surface area contributed by atoms with Crippen molar-refractivity contribution in [3.8, 4) is 0 Å². The molecular formula is C22H24BrNO4S. The van der Waals surface area contributed by atoms with Gasteiger partial charge in [0.25, 0.3) is 0 Å². The maximum absolute atomic E-state index is 13.5. The Morgan fingerprint density at radius 2 is 1.69 bits per heavy atom. The molecule has 0 N–H and O–H groups in total. The number of hydrogen-bond donors (Lipinski definition) is 0. The van der Waals surface area contributed by atoms with E-state index in [1.807, 2.05) is 13.0 Å². The zero-order chi connectivity index (χ0) is 21.6. The molecule has 154 valence electrons. The van der Waals surface area contributed by atoms with Crippen LogP contribution in [0.5, 0.6) is 0 Å². The first-order chi connectivity index (χ1) is 13.7. The number of aryl methyl sites for hydroxylation is 1. The van der Waals surface area contributed by atoms with Gasteiger partial charge in [0.2, 0.25) is 10.0 Å². The largest absolute Gasteiger partial charge is 0.463 e. The van der Waals surface area contributed by atoms with E-state index in [-0.39, 0.29) is 23.6 Å². The Balaban J connectivity index is 2.65. The van der Waals surface area contributed by atoms with Crippen molar-refractivity contribution >= 4 is 31.9 Å².